The van der Waals surface area contributed by atoms with Crippen LogP contribution in [0.3, 0.4) is 0 Å². The van der Waals surface area contributed by atoms with E-state index in [9.17, 15) is 4.79 Å². The Bertz CT molecular complexity index is 446. The predicted molar refractivity (Wildman–Crippen MR) is 87.3 cm³/mol. The van der Waals surface area contributed by atoms with Gasteiger partial charge >= 0.3 is 0 Å². The summed E-state index contributed by atoms with van der Waals surface area (Å²) in [6.45, 7) is 7.53. The van der Waals surface area contributed by atoms with E-state index in [2.05, 4.69) is 43.5 Å². The van der Waals surface area contributed by atoms with E-state index in [-0.39, 0.29) is 17.9 Å². The molecule has 2 N–H and O–H groups in total. The predicted octanol–water partition coefficient (Wildman–Crippen LogP) is 3.07. The molecule has 0 aromatic heterocycles. The molecule has 116 valence electrons. The summed E-state index contributed by atoms with van der Waals surface area (Å²) in [6, 6.07) is 10.8. The summed E-state index contributed by atoms with van der Waals surface area (Å²) < 4.78 is 0. The van der Waals surface area contributed by atoms with Gasteiger partial charge in [0.05, 0.1) is 5.92 Å². The van der Waals surface area contributed by atoms with Gasteiger partial charge in [-0.2, -0.15) is 0 Å². The van der Waals surface area contributed by atoms with Gasteiger partial charge < -0.3 is 10.6 Å². The summed E-state index contributed by atoms with van der Waals surface area (Å²) in [6.07, 6.45) is 3.21. The number of hydrogen-bond donors (Lipinski definition) is 2. The van der Waals surface area contributed by atoms with Crippen LogP contribution in [0.1, 0.15) is 51.5 Å². The highest BCUT2D eigenvalue weighted by atomic mass is 16.2. The van der Waals surface area contributed by atoms with Crippen molar-refractivity contribution in [2.24, 2.45) is 5.92 Å². The molecule has 1 aromatic carbocycles. The van der Waals surface area contributed by atoms with Crippen molar-refractivity contribution in [3.8, 4) is 0 Å². The van der Waals surface area contributed by atoms with E-state index in [1.807, 2.05) is 18.2 Å². The van der Waals surface area contributed by atoms with Gasteiger partial charge in [-0.1, -0.05) is 50.6 Å². The van der Waals surface area contributed by atoms with Crippen LogP contribution in [-0.4, -0.2) is 24.5 Å². The number of hydrogen-bond acceptors (Lipinski definition) is 2. The van der Waals surface area contributed by atoms with Crippen molar-refractivity contribution in [1.82, 2.24) is 10.6 Å². The lowest BCUT2D eigenvalue weighted by atomic mass is 9.84. The molecule has 0 radical (unpaired) electrons. The van der Waals surface area contributed by atoms with Crippen LogP contribution < -0.4 is 10.6 Å². The summed E-state index contributed by atoms with van der Waals surface area (Å²) in [5, 5.41) is 6.73. The van der Waals surface area contributed by atoms with E-state index in [1.165, 1.54) is 0 Å². The van der Waals surface area contributed by atoms with Crippen LogP contribution in [0.15, 0.2) is 30.3 Å². The van der Waals surface area contributed by atoms with E-state index < -0.39 is 0 Å². The van der Waals surface area contributed by atoms with Gasteiger partial charge in [-0.3, -0.25) is 4.79 Å². The fourth-order valence-electron chi connectivity index (χ4n) is 3.15. The maximum Gasteiger partial charge on any atom is 0.228 e. The molecular formula is C18H28N2O. The first-order chi connectivity index (χ1) is 10.1. The second kappa shape index (κ2) is 7.60. The zero-order valence-corrected chi connectivity index (χ0v) is 13.4. The topological polar surface area (TPSA) is 41.1 Å². The van der Waals surface area contributed by atoms with E-state index in [0.717, 1.165) is 31.4 Å². The first-order valence-electron chi connectivity index (χ1n) is 8.22. The molecule has 2 rings (SSSR count). The Hall–Kier alpha value is -1.35. The van der Waals surface area contributed by atoms with Crippen molar-refractivity contribution < 1.29 is 4.79 Å². The standard InChI is InChI=1S/C18H28N2O/c1-4-13(2)17(15-9-6-5-7-10-15)18(21)20-16-11-8-12-19-14(16)3/h5-7,9-10,13-14,16-17,19H,4,8,11-12H2,1-3H3,(H,20,21). The fraction of sp³-hybridized carbons (Fsp3) is 0.611. The van der Waals surface area contributed by atoms with Gasteiger partial charge in [-0.05, 0) is 37.8 Å². The Morgan fingerprint density at radius 1 is 1.38 bits per heavy atom. The lowest BCUT2D eigenvalue weighted by Gasteiger charge is -2.33. The maximum absolute atomic E-state index is 12.8. The first kappa shape index (κ1) is 16.0. The molecule has 0 spiro atoms. The first-order valence-corrected chi connectivity index (χ1v) is 8.22. The molecule has 1 heterocycles. The third kappa shape index (κ3) is 4.07. The normalized spacial score (nSPS) is 25.1. The van der Waals surface area contributed by atoms with Crippen LogP contribution in [0.4, 0.5) is 0 Å². The van der Waals surface area contributed by atoms with Crippen LogP contribution in [-0.2, 0) is 4.79 Å². The van der Waals surface area contributed by atoms with Gasteiger partial charge in [-0.25, -0.2) is 0 Å². The van der Waals surface area contributed by atoms with Gasteiger partial charge in [0.2, 0.25) is 5.91 Å². The van der Waals surface area contributed by atoms with Gasteiger partial charge in [0.15, 0.2) is 0 Å². The molecule has 1 aliphatic heterocycles. The molecule has 0 bridgehead atoms. The number of benzene rings is 1. The van der Waals surface area contributed by atoms with Crippen molar-refractivity contribution in [3.05, 3.63) is 35.9 Å². The molecule has 0 aliphatic carbocycles. The smallest absolute Gasteiger partial charge is 0.228 e. The van der Waals surface area contributed by atoms with E-state index >= 15 is 0 Å². The van der Waals surface area contributed by atoms with E-state index in [0.29, 0.717) is 12.0 Å². The summed E-state index contributed by atoms with van der Waals surface area (Å²) in [7, 11) is 0. The fourth-order valence-corrected chi connectivity index (χ4v) is 3.15. The molecule has 3 nitrogen and oxygen atoms in total. The number of rotatable bonds is 5. The molecule has 4 unspecified atom stereocenters. The zero-order chi connectivity index (χ0) is 15.2. The Kier molecular flexibility index (Phi) is 5.80. The highest BCUT2D eigenvalue weighted by Crippen LogP contribution is 2.27. The Morgan fingerprint density at radius 3 is 2.71 bits per heavy atom. The summed E-state index contributed by atoms with van der Waals surface area (Å²) in [5.41, 5.74) is 1.13. The number of carbonyl (C=O) groups is 1. The quantitative estimate of drug-likeness (QED) is 0.874. The Balaban J connectivity index is 2.11. The monoisotopic (exact) mass is 288 g/mol. The molecule has 1 aliphatic rings. The summed E-state index contributed by atoms with van der Waals surface area (Å²) >= 11 is 0. The van der Waals surface area contributed by atoms with Gasteiger partial charge in [0, 0.05) is 12.1 Å². The van der Waals surface area contributed by atoms with Crippen molar-refractivity contribution in [2.75, 3.05) is 6.54 Å². The van der Waals surface area contributed by atoms with Crippen molar-refractivity contribution >= 4 is 5.91 Å². The molecule has 1 aromatic rings. The van der Waals surface area contributed by atoms with Gasteiger partial charge in [-0.15, -0.1) is 0 Å². The highest BCUT2D eigenvalue weighted by molar-refractivity contribution is 5.84. The third-order valence-corrected chi connectivity index (χ3v) is 4.74. The average molecular weight is 288 g/mol. The number of amides is 1. The Labute approximate surface area is 128 Å². The third-order valence-electron chi connectivity index (χ3n) is 4.74. The van der Waals surface area contributed by atoms with Crippen LogP contribution >= 0.6 is 0 Å². The maximum atomic E-state index is 12.8. The molecule has 3 heteroatoms. The van der Waals surface area contributed by atoms with Crippen LogP contribution in [0.2, 0.25) is 0 Å². The minimum Gasteiger partial charge on any atom is -0.351 e. The van der Waals surface area contributed by atoms with Crippen molar-refractivity contribution in [1.29, 1.82) is 0 Å². The van der Waals surface area contributed by atoms with Crippen molar-refractivity contribution in [2.45, 2.75) is 58.0 Å². The summed E-state index contributed by atoms with van der Waals surface area (Å²) in [4.78, 5) is 12.8. The van der Waals surface area contributed by atoms with E-state index in [1.54, 1.807) is 0 Å². The minimum absolute atomic E-state index is 0.0506. The molecule has 1 fully saturated rings. The number of nitrogens with one attached hydrogen (secondary N) is 2. The molecule has 1 amide bonds. The van der Waals surface area contributed by atoms with Crippen LogP contribution in [0.25, 0.3) is 0 Å². The van der Waals surface area contributed by atoms with Crippen LogP contribution in [0.5, 0.6) is 0 Å². The minimum atomic E-state index is -0.0506. The number of carbonyl (C=O) groups excluding carboxylic acids is 1. The molecule has 0 saturated carbocycles. The highest BCUT2D eigenvalue weighted by Gasteiger charge is 2.29. The Morgan fingerprint density at radius 2 is 2.10 bits per heavy atom. The second-order valence-electron chi connectivity index (χ2n) is 6.27. The summed E-state index contributed by atoms with van der Waals surface area (Å²) in [5.74, 6) is 0.473. The SMILES string of the molecule is CCC(C)C(C(=O)NC1CCCNC1C)c1ccccc1. The molecule has 4 atom stereocenters. The molecule has 1 saturated heterocycles. The van der Waals surface area contributed by atoms with Gasteiger partial charge in [0.25, 0.3) is 0 Å². The lowest BCUT2D eigenvalue weighted by molar-refractivity contribution is -0.124. The zero-order valence-electron chi connectivity index (χ0n) is 13.4. The van der Waals surface area contributed by atoms with Crippen molar-refractivity contribution in [3.63, 3.8) is 0 Å². The average Bonchev–Trinajstić information content (AvgIpc) is 2.50. The van der Waals surface area contributed by atoms with Gasteiger partial charge in [0.1, 0.15) is 0 Å². The molecular weight excluding hydrogens is 260 g/mol. The molecule has 21 heavy (non-hydrogen) atoms. The van der Waals surface area contributed by atoms with E-state index in [4.69, 9.17) is 0 Å². The largest absolute Gasteiger partial charge is 0.351 e. The number of piperidine rings is 1. The second-order valence-corrected chi connectivity index (χ2v) is 6.27. The van der Waals surface area contributed by atoms with Crippen LogP contribution in [0, 0.1) is 5.92 Å². The lowest BCUT2D eigenvalue weighted by Crippen LogP contribution is -2.53.